The molecule has 0 bridgehead atoms. The first-order valence-corrected chi connectivity index (χ1v) is 8.51. The largest absolute Gasteiger partial charge is 0.375 e. The van der Waals surface area contributed by atoms with Gasteiger partial charge in [-0.1, -0.05) is 24.3 Å². The van der Waals surface area contributed by atoms with Gasteiger partial charge in [0.15, 0.2) is 5.96 Å². The lowest BCUT2D eigenvalue weighted by molar-refractivity contribution is -0.0817. The monoisotopic (exact) mass is 445 g/mol. The smallest absolute Gasteiger partial charge is 0.194 e. The van der Waals surface area contributed by atoms with Crippen molar-refractivity contribution in [3.63, 3.8) is 0 Å². The molecule has 0 aromatic heterocycles. The van der Waals surface area contributed by atoms with Gasteiger partial charge in [-0.3, -0.25) is 4.99 Å². The number of morpholine rings is 1. The van der Waals surface area contributed by atoms with E-state index in [0.29, 0.717) is 0 Å². The van der Waals surface area contributed by atoms with Crippen LogP contribution in [0.2, 0.25) is 0 Å². The van der Waals surface area contributed by atoms with Gasteiger partial charge in [-0.05, 0) is 30.9 Å². The predicted molar refractivity (Wildman–Crippen MR) is 107 cm³/mol. The van der Waals surface area contributed by atoms with Crippen molar-refractivity contribution in [2.75, 3.05) is 33.4 Å². The van der Waals surface area contributed by atoms with Crippen LogP contribution in [0.25, 0.3) is 0 Å². The van der Waals surface area contributed by atoms with E-state index in [1.165, 1.54) is 11.1 Å². The Bertz CT molecular complexity index is 547. The molecule has 24 heavy (non-hydrogen) atoms. The van der Waals surface area contributed by atoms with E-state index in [2.05, 4.69) is 46.4 Å². The molecule has 0 saturated carbocycles. The molecule has 0 spiro atoms. The Labute approximate surface area is 161 Å². The molecule has 2 aliphatic rings. The maximum Gasteiger partial charge on any atom is 0.194 e. The maximum absolute atomic E-state index is 5.92. The summed E-state index contributed by atoms with van der Waals surface area (Å²) in [5.41, 5.74) is 2.60. The fraction of sp³-hybridized carbons (Fsp3) is 0.611. The molecule has 0 amide bonds. The summed E-state index contributed by atoms with van der Waals surface area (Å²) in [7, 11) is 1.84. The molecule has 0 radical (unpaired) electrons. The van der Waals surface area contributed by atoms with Crippen LogP contribution in [0.3, 0.4) is 0 Å². The second-order valence-corrected chi connectivity index (χ2v) is 6.23. The van der Waals surface area contributed by atoms with Gasteiger partial charge in [0.05, 0.1) is 12.7 Å². The lowest BCUT2D eigenvalue weighted by Crippen LogP contribution is -2.53. The van der Waals surface area contributed by atoms with Crippen LogP contribution < -0.4 is 5.32 Å². The van der Waals surface area contributed by atoms with Crippen molar-refractivity contribution < 1.29 is 9.47 Å². The first kappa shape index (κ1) is 19.5. The van der Waals surface area contributed by atoms with Gasteiger partial charge in [0.2, 0.25) is 0 Å². The molecule has 134 valence electrons. The minimum Gasteiger partial charge on any atom is -0.375 e. The van der Waals surface area contributed by atoms with Crippen molar-refractivity contribution in [3.8, 4) is 0 Å². The molecular formula is C18H28IN3O2. The second-order valence-electron chi connectivity index (χ2n) is 6.23. The zero-order valence-electron chi connectivity index (χ0n) is 14.5. The molecule has 1 aromatic rings. The average Bonchev–Trinajstić information content (AvgIpc) is 3.12. The van der Waals surface area contributed by atoms with Gasteiger partial charge in [-0.15, -0.1) is 24.0 Å². The SMILES string of the molecule is CN=C(NCc1ccccc1C)N1CCOC(C2CCCO2)C1.I. The fourth-order valence-electron chi connectivity index (χ4n) is 3.30. The number of halogens is 1. The number of ether oxygens (including phenoxy) is 2. The third-order valence-corrected chi connectivity index (χ3v) is 4.68. The van der Waals surface area contributed by atoms with E-state index in [4.69, 9.17) is 9.47 Å². The van der Waals surface area contributed by atoms with Crippen LogP contribution in [-0.2, 0) is 16.0 Å². The predicted octanol–water partition coefficient (Wildman–Crippen LogP) is 2.57. The molecule has 2 heterocycles. The Morgan fingerprint density at radius 1 is 1.25 bits per heavy atom. The number of aliphatic imine (C=N–C) groups is 1. The van der Waals surface area contributed by atoms with Gasteiger partial charge in [-0.25, -0.2) is 0 Å². The number of guanidine groups is 1. The van der Waals surface area contributed by atoms with Gasteiger partial charge in [0, 0.05) is 33.3 Å². The third kappa shape index (κ3) is 4.83. The van der Waals surface area contributed by atoms with Crippen molar-refractivity contribution >= 4 is 29.9 Å². The lowest BCUT2D eigenvalue weighted by Gasteiger charge is -2.37. The normalized spacial score (nSPS) is 24.6. The highest BCUT2D eigenvalue weighted by atomic mass is 127. The van der Waals surface area contributed by atoms with Crippen molar-refractivity contribution in [2.24, 2.45) is 4.99 Å². The van der Waals surface area contributed by atoms with Crippen LogP contribution in [0.15, 0.2) is 29.3 Å². The van der Waals surface area contributed by atoms with Crippen molar-refractivity contribution in [1.82, 2.24) is 10.2 Å². The molecule has 1 aromatic carbocycles. The van der Waals surface area contributed by atoms with Gasteiger partial charge in [0.25, 0.3) is 0 Å². The summed E-state index contributed by atoms with van der Waals surface area (Å²) >= 11 is 0. The highest BCUT2D eigenvalue weighted by Crippen LogP contribution is 2.21. The van der Waals surface area contributed by atoms with Gasteiger partial charge >= 0.3 is 0 Å². The summed E-state index contributed by atoms with van der Waals surface area (Å²) in [5, 5.41) is 3.49. The maximum atomic E-state index is 5.92. The summed E-state index contributed by atoms with van der Waals surface area (Å²) in [6.45, 7) is 6.25. The number of nitrogens with zero attached hydrogens (tertiary/aromatic N) is 2. The Morgan fingerprint density at radius 3 is 2.75 bits per heavy atom. The zero-order chi connectivity index (χ0) is 16.1. The van der Waals surface area contributed by atoms with Crippen molar-refractivity contribution in [2.45, 2.75) is 38.5 Å². The second kappa shape index (κ2) is 9.58. The van der Waals surface area contributed by atoms with E-state index < -0.39 is 0 Å². The fourth-order valence-corrected chi connectivity index (χ4v) is 3.30. The van der Waals surface area contributed by atoms with Gasteiger partial charge in [-0.2, -0.15) is 0 Å². The zero-order valence-corrected chi connectivity index (χ0v) is 16.9. The number of benzene rings is 1. The topological polar surface area (TPSA) is 46.1 Å². The highest BCUT2D eigenvalue weighted by Gasteiger charge is 2.32. The highest BCUT2D eigenvalue weighted by molar-refractivity contribution is 14.0. The van der Waals surface area contributed by atoms with Crippen LogP contribution in [0.5, 0.6) is 0 Å². The van der Waals surface area contributed by atoms with E-state index in [0.717, 1.165) is 51.6 Å². The molecule has 1 N–H and O–H groups in total. The van der Waals surface area contributed by atoms with Crippen molar-refractivity contribution in [3.05, 3.63) is 35.4 Å². The molecule has 6 heteroatoms. The van der Waals surface area contributed by atoms with Crippen LogP contribution in [0.1, 0.15) is 24.0 Å². The van der Waals surface area contributed by atoms with E-state index >= 15 is 0 Å². The van der Waals surface area contributed by atoms with E-state index in [1.807, 2.05) is 7.05 Å². The van der Waals surface area contributed by atoms with Gasteiger partial charge in [0.1, 0.15) is 6.10 Å². The molecule has 0 aliphatic carbocycles. The molecule has 2 saturated heterocycles. The van der Waals surface area contributed by atoms with E-state index in [-0.39, 0.29) is 36.2 Å². The Kier molecular flexibility index (Phi) is 7.77. The molecule has 5 nitrogen and oxygen atoms in total. The van der Waals surface area contributed by atoms with Crippen LogP contribution in [0, 0.1) is 6.92 Å². The summed E-state index contributed by atoms with van der Waals surface area (Å²) in [5.74, 6) is 0.944. The summed E-state index contributed by atoms with van der Waals surface area (Å²) in [6, 6.07) is 8.45. The number of nitrogens with one attached hydrogen (secondary N) is 1. The third-order valence-electron chi connectivity index (χ3n) is 4.68. The Hall–Kier alpha value is -0.860. The van der Waals surface area contributed by atoms with Gasteiger partial charge < -0.3 is 19.7 Å². The minimum absolute atomic E-state index is 0. The lowest BCUT2D eigenvalue weighted by atomic mass is 10.1. The number of aryl methyl sites for hydroxylation is 1. The standard InChI is InChI=1S/C18H27N3O2.HI/c1-14-6-3-4-7-15(14)12-20-18(19-2)21-9-11-23-17(13-21)16-8-5-10-22-16;/h3-4,6-7,16-17H,5,8-13H2,1-2H3,(H,19,20);1H. The molecule has 3 rings (SSSR count). The van der Waals surface area contributed by atoms with E-state index in [9.17, 15) is 0 Å². The van der Waals surface area contributed by atoms with Crippen LogP contribution in [-0.4, -0.2) is 56.4 Å². The van der Waals surface area contributed by atoms with Crippen LogP contribution >= 0.6 is 24.0 Å². The first-order chi connectivity index (χ1) is 11.3. The van der Waals surface area contributed by atoms with Crippen molar-refractivity contribution in [1.29, 1.82) is 0 Å². The number of hydrogen-bond acceptors (Lipinski definition) is 3. The quantitative estimate of drug-likeness (QED) is 0.442. The van der Waals surface area contributed by atoms with E-state index in [1.54, 1.807) is 0 Å². The minimum atomic E-state index is 0. The average molecular weight is 445 g/mol. The Morgan fingerprint density at radius 2 is 2.04 bits per heavy atom. The molecular weight excluding hydrogens is 417 g/mol. The molecule has 2 atom stereocenters. The molecule has 2 unspecified atom stereocenters. The summed E-state index contributed by atoms with van der Waals surface area (Å²) in [6.07, 6.45) is 2.65. The first-order valence-electron chi connectivity index (χ1n) is 8.51. The summed E-state index contributed by atoms with van der Waals surface area (Å²) < 4.78 is 11.7. The molecule has 2 fully saturated rings. The van der Waals surface area contributed by atoms with Crippen LogP contribution in [0.4, 0.5) is 0 Å². The summed E-state index contributed by atoms with van der Waals surface area (Å²) in [4.78, 5) is 6.74. The Balaban J connectivity index is 0.00000208. The number of hydrogen-bond donors (Lipinski definition) is 1. The number of rotatable bonds is 3. The molecule has 2 aliphatic heterocycles.